The summed E-state index contributed by atoms with van der Waals surface area (Å²) in [5.41, 5.74) is 3.80. The van der Waals surface area contributed by atoms with E-state index in [1.54, 1.807) is 30.3 Å². The smallest absolute Gasteiger partial charge is 0.129 e. The summed E-state index contributed by atoms with van der Waals surface area (Å²) in [6.07, 6.45) is 0. The molecule has 0 spiro atoms. The van der Waals surface area contributed by atoms with Gasteiger partial charge in [0.2, 0.25) is 0 Å². The van der Waals surface area contributed by atoms with Crippen LogP contribution in [0.2, 0.25) is 10.0 Å². The monoisotopic (exact) mass is 362 g/mol. The molecule has 2 aromatic rings. The summed E-state index contributed by atoms with van der Waals surface area (Å²) in [6.45, 7) is 0. The van der Waals surface area contributed by atoms with Crippen LogP contribution in [0.1, 0.15) is 17.2 Å². The first-order chi connectivity index (χ1) is 9.02. The zero-order valence-electron chi connectivity index (χ0n) is 9.63. The zero-order chi connectivity index (χ0) is 14.0. The van der Waals surface area contributed by atoms with Gasteiger partial charge in [0.15, 0.2) is 0 Å². The quantitative estimate of drug-likeness (QED) is 0.624. The summed E-state index contributed by atoms with van der Waals surface area (Å²) < 4.78 is 14.7. The Labute approximate surface area is 128 Å². The summed E-state index contributed by atoms with van der Waals surface area (Å²) in [4.78, 5) is 0. The maximum absolute atomic E-state index is 13.9. The summed E-state index contributed by atoms with van der Waals surface area (Å²) in [7, 11) is 0. The first-order valence-corrected chi connectivity index (χ1v) is 6.94. The Kier molecular flexibility index (Phi) is 4.81. The second kappa shape index (κ2) is 6.20. The molecule has 0 fully saturated rings. The molecular weight excluding hydrogens is 354 g/mol. The van der Waals surface area contributed by atoms with Gasteiger partial charge < -0.3 is 0 Å². The van der Waals surface area contributed by atoms with Crippen molar-refractivity contribution < 1.29 is 4.39 Å². The van der Waals surface area contributed by atoms with E-state index in [1.165, 1.54) is 6.07 Å². The molecule has 0 radical (unpaired) electrons. The average molecular weight is 364 g/mol. The van der Waals surface area contributed by atoms with Gasteiger partial charge in [-0.3, -0.25) is 5.84 Å². The van der Waals surface area contributed by atoms with E-state index in [4.69, 9.17) is 29.0 Å². The van der Waals surface area contributed by atoms with Gasteiger partial charge in [-0.05, 0) is 45.8 Å². The van der Waals surface area contributed by atoms with Gasteiger partial charge in [-0.1, -0.05) is 35.3 Å². The van der Waals surface area contributed by atoms with E-state index in [0.29, 0.717) is 15.6 Å². The number of hydrogen-bond acceptors (Lipinski definition) is 2. The van der Waals surface area contributed by atoms with Crippen LogP contribution in [0.3, 0.4) is 0 Å². The summed E-state index contributed by atoms with van der Waals surface area (Å²) >= 11 is 15.0. The molecule has 0 saturated carbocycles. The van der Waals surface area contributed by atoms with Gasteiger partial charge in [0.25, 0.3) is 0 Å². The second-order valence-electron chi connectivity index (χ2n) is 3.94. The molecule has 1 atom stereocenters. The minimum Gasteiger partial charge on any atom is -0.271 e. The van der Waals surface area contributed by atoms with Crippen molar-refractivity contribution in [3.05, 3.63) is 67.9 Å². The van der Waals surface area contributed by atoms with Crippen LogP contribution < -0.4 is 11.3 Å². The molecular formula is C13H10BrCl2FN2. The van der Waals surface area contributed by atoms with E-state index >= 15 is 0 Å². The predicted molar refractivity (Wildman–Crippen MR) is 79.7 cm³/mol. The van der Waals surface area contributed by atoms with E-state index in [2.05, 4.69) is 21.4 Å². The highest BCUT2D eigenvalue weighted by Gasteiger charge is 2.17. The van der Waals surface area contributed by atoms with E-state index in [1.807, 2.05) is 0 Å². The van der Waals surface area contributed by atoms with Crippen molar-refractivity contribution in [1.82, 2.24) is 5.43 Å². The predicted octanol–water partition coefficient (Wildman–Crippen LogP) is 4.45. The molecule has 0 saturated heterocycles. The number of hydrogen-bond donors (Lipinski definition) is 2. The number of rotatable bonds is 3. The van der Waals surface area contributed by atoms with Crippen LogP contribution in [0, 0.1) is 5.82 Å². The van der Waals surface area contributed by atoms with Gasteiger partial charge in [0.1, 0.15) is 5.82 Å². The van der Waals surface area contributed by atoms with E-state index in [9.17, 15) is 4.39 Å². The van der Waals surface area contributed by atoms with E-state index < -0.39 is 11.9 Å². The topological polar surface area (TPSA) is 38.0 Å². The van der Waals surface area contributed by atoms with Crippen molar-refractivity contribution in [2.45, 2.75) is 6.04 Å². The zero-order valence-corrected chi connectivity index (χ0v) is 12.7. The van der Waals surface area contributed by atoms with E-state index in [-0.39, 0.29) is 0 Å². The van der Waals surface area contributed by atoms with Crippen LogP contribution in [0.4, 0.5) is 4.39 Å². The SMILES string of the molecule is NNC(c1ccc(Cl)c(Br)c1)c1ccc(Cl)cc1F. The fourth-order valence-electron chi connectivity index (χ4n) is 1.79. The molecule has 0 heterocycles. The normalized spacial score (nSPS) is 12.5. The Morgan fingerprint density at radius 3 is 2.47 bits per heavy atom. The molecule has 0 aliphatic rings. The summed E-state index contributed by atoms with van der Waals surface area (Å²) in [6, 6.07) is 9.29. The van der Waals surface area contributed by atoms with Crippen LogP contribution in [-0.4, -0.2) is 0 Å². The minimum absolute atomic E-state index is 0.342. The van der Waals surface area contributed by atoms with Crippen molar-refractivity contribution in [3.8, 4) is 0 Å². The number of nitrogens with two attached hydrogens (primary N) is 1. The molecule has 1 unspecified atom stereocenters. The lowest BCUT2D eigenvalue weighted by Gasteiger charge is -2.18. The van der Waals surface area contributed by atoms with Crippen molar-refractivity contribution in [3.63, 3.8) is 0 Å². The van der Waals surface area contributed by atoms with Gasteiger partial charge in [0, 0.05) is 15.1 Å². The Morgan fingerprint density at radius 2 is 1.89 bits per heavy atom. The summed E-state index contributed by atoms with van der Waals surface area (Å²) in [5, 5.41) is 0.922. The maximum atomic E-state index is 13.9. The Balaban J connectivity index is 2.46. The number of nitrogens with one attached hydrogen (secondary N) is 1. The average Bonchev–Trinajstić information content (AvgIpc) is 2.37. The Bertz CT molecular complexity index is 607. The first-order valence-electron chi connectivity index (χ1n) is 5.39. The van der Waals surface area contributed by atoms with Crippen LogP contribution in [0.25, 0.3) is 0 Å². The highest BCUT2D eigenvalue weighted by atomic mass is 79.9. The van der Waals surface area contributed by atoms with E-state index in [0.717, 1.165) is 10.0 Å². The van der Waals surface area contributed by atoms with Crippen LogP contribution >= 0.6 is 39.1 Å². The number of benzene rings is 2. The lowest BCUT2D eigenvalue weighted by atomic mass is 9.99. The van der Waals surface area contributed by atoms with Crippen molar-refractivity contribution >= 4 is 39.1 Å². The van der Waals surface area contributed by atoms with Gasteiger partial charge in [-0.2, -0.15) is 0 Å². The van der Waals surface area contributed by atoms with Crippen LogP contribution in [-0.2, 0) is 0 Å². The molecule has 3 N–H and O–H groups in total. The summed E-state index contributed by atoms with van der Waals surface area (Å²) in [5.74, 6) is 5.12. The third-order valence-electron chi connectivity index (χ3n) is 2.72. The number of halogens is 4. The fraction of sp³-hybridized carbons (Fsp3) is 0.0769. The molecule has 2 aromatic carbocycles. The molecule has 0 aliphatic carbocycles. The highest BCUT2D eigenvalue weighted by molar-refractivity contribution is 9.10. The highest BCUT2D eigenvalue weighted by Crippen LogP contribution is 2.30. The first kappa shape index (κ1) is 14.8. The van der Waals surface area contributed by atoms with Crippen molar-refractivity contribution in [2.75, 3.05) is 0 Å². The standard InChI is InChI=1S/C13H10BrCl2FN2/c14-10-5-7(1-4-11(10)16)13(19-18)9-3-2-8(15)6-12(9)17/h1-6,13,19H,18H2. The minimum atomic E-state index is -0.481. The molecule has 0 aromatic heterocycles. The van der Waals surface area contributed by atoms with Gasteiger partial charge >= 0.3 is 0 Å². The molecule has 0 aliphatic heterocycles. The Hall–Kier alpha value is -0.650. The van der Waals surface area contributed by atoms with Gasteiger partial charge in [-0.25, -0.2) is 9.82 Å². The van der Waals surface area contributed by atoms with Crippen molar-refractivity contribution in [2.24, 2.45) is 5.84 Å². The molecule has 2 nitrogen and oxygen atoms in total. The van der Waals surface area contributed by atoms with Gasteiger partial charge in [-0.15, -0.1) is 0 Å². The third kappa shape index (κ3) is 3.27. The molecule has 0 bridgehead atoms. The molecule has 0 amide bonds. The lowest BCUT2D eigenvalue weighted by molar-refractivity contribution is 0.560. The van der Waals surface area contributed by atoms with Crippen molar-refractivity contribution in [1.29, 1.82) is 0 Å². The second-order valence-corrected chi connectivity index (χ2v) is 5.64. The molecule has 2 rings (SSSR count). The van der Waals surface area contributed by atoms with Crippen LogP contribution in [0.5, 0.6) is 0 Å². The largest absolute Gasteiger partial charge is 0.271 e. The fourth-order valence-corrected chi connectivity index (χ4v) is 2.47. The van der Waals surface area contributed by atoms with Crippen LogP contribution in [0.15, 0.2) is 40.9 Å². The molecule has 100 valence electrons. The Morgan fingerprint density at radius 1 is 1.16 bits per heavy atom. The third-order valence-corrected chi connectivity index (χ3v) is 4.17. The molecule has 6 heteroatoms. The molecule has 19 heavy (non-hydrogen) atoms. The maximum Gasteiger partial charge on any atom is 0.129 e. The van der Waals surface area contributed by atoms with Gasteiger partial charge in [0.05, 0.1) is 11.1 Å². The lowest BCUT2D eigenvalue weighted by Crippen LogP contribution is -2.29. The number of hydrazine groups is 1.